The highest BCUT2D eigenvalue weighted by Crippen LogP contribution is 2.27. The summed E-state index contributed by atoms with van der Waals surface area (Å²) < 4.78 is 62.4. The van der Waals surface area contributed by atoms with Crippen LogP contribution in [0.4, 0.5) is 13.2 Å². The van der Waals surface area contributed by atoms with Gasteiger partial charge in [-0.25, -0.2) is 0 Å². The molecule has 1 heterocycles. The highest BCUT2D eigenvalue weighted by Gasteiger charge is 2.35. The Balaban J connectivity index is 2.64. The third kappa shape index (κ3) is 6.18. The summed E-state index contributed by atoms with van der Waals surface area (Å²) in [5.41, 5.74) is 0. The second kappa shape index (κ2) is 6.93. The minimum atomic E-state index is -4.61. The molecule has 0 spiro atoms. The molecule has 1 saturated heterocycles. The summed E-state index contributed by atoms with van der Waals surface area (Å²) in [6.45, 7) is 0.282. The molecule has 0 amide bonds. The number of piperidine rings is 1. The van der Waals surface area contributed by atoms with Gasteiger partial charge in [-0.2, -0.15) is 30.6 Å². The number of carboxylic acids is 1. The summed E-state index contributed by atoms with van der Waals surface area (Å²) in [7, 11) is -4.20. The molecule has 2 unspecified atom stereocenters. The van der Waals surface area contributed by atoms with Gasteiger partial charge in [0.1, 0.15) is 6.54 Å². The standard InChI is InChI=1S/C11H19F3N2O4S/c1-8(5-10(17)18)9-3-2-4-16(6-9)21(19,20)15-7-11(12,13)14/h8-9,15H,2-7H2,1H3,(H,17,18). The SMILES string of the molecule is CC(CC(=O)O)C1CCCN(S(=O)(=O)NCC(F)(F)F)C1. The zero-order valence-electron chi connectivity index (χ0n) is 11.6. The number of halogens is 3. The minimum Gasteiger partial charge on any atom is -0.481 e. The van der Waals surface area contributed by atoms with Crippen molar-refractivity contribution in [3.63, 3.8) is 0 Å². The van der Waals surface area contributed by atoms with Crippen molar-refractivity contribution < 1.29 is 31.5 Å². The maximum Gasteiger partial charge on any atom is 0.402 e. The molecule has 1 aliphatic rings. The second-order valence-corrected chi connectivity index (χ2v) is 7.03. The van der Waals surface area contributed by atoms with Crippen molar-refractivity contribution in [3.8, 4) is 0 Å². The monoisotopic (exact) mass is 332 g/mol. The lowest BCUT2D eigenvalue weighted by atomic mass is 9.85. The van der Waals surface area contributed by atoms with Gasteiger partial charge in [0.05, 0.1) is 0 Å². The van der Waals surface area contributed by atoms with Crippen molar-refractivity contribution in [2.75, 3.05) is 19.6 Å². The minimum absolute atomic E-state index is 0.0433. The average Bonchev–Trinajstić information content (AvgIpc) is 2.35. The van der Waals surface area contributed by atoms with Crippen LogP contribution in [0.3, 0.4) is 0 Å². The lowest BCUT2D eigenvalue weighted by Gasteiger charge is -2.34. The van der Waals surface area contributed by atoms with Gasteiger partial charge in [0.2, 0.25) is 0 Å². The van der Waals surface area contributed by atoms with Crippen LogP contribution in [0.2, 0.25) is 0 Å². The van der Waals surface area contributed by atoms with Crippen molar-refractivity contribution in [3.05, 3.63) is 0 Å². The Bertz CT molecular complexity index is 467. The van der Waals surface area contributed by atoms with E-state index in [9.17, 15) is 26.4 Å². The van der Waals surface area contributed by atoms with Gasteiger partial charge in [0.15, 0.2) is 0 Å². The molecular formula is C11H19F3N2O4S. The van der Waals surface area contributed by atoms with E-state index in [2.05, 4.69) is 0 Å². The van der Waals surface area contributed by atoms with Crippen LogP contribution in [-0.2, 0) is 15.0 Å². The first-order chi connectivity index (χ1) is 9.51. The summed E-state index contributed by atoms with van der Waals surface area (Å²) in [5, 5.41) is 8.74. The Hall–Kier alpha value is -0.870. The Labute approximate surface area is 121 Å². The number of carbonyl (C=O) groups is 1. The van der Waals surface area contributed by atoms with Gasteiger partial charge in [-0.15, -0.1) is 0 Å². The van der Waals surface area contributed by atoms with Crippen LogP contribution >= 0.6 is 0 Å². The molecule has 124 valence electrons. The van der Waals surface area contributed by atoms with Crippen LogP contribution in [0, 0.1) is 11.8 Å². The van der Waals surface area contributed by atoms with E-state index >= 15 is 0 Å². The van der Waals surface area contributed by atoms with Crippen LogP contribution in [-0.4, -0.2) is 49.6 Å². The molecule has 0 aromatic heterocycles. The smallest absolute Gasteiger partial charge is 0.402 e. The van der Waals surface area contributed by atoms with Gasteiger partial charge in [0, 0.05) is 19.5 Å². The van der Waals surface area contributed by atoms with E-state index in [-0.39, 0.29) is 31.3 Å². The normalized spacial score (nSPS) is 23.0. The molecule has 2 N–H and O–H groups in total. The fourth-order valence-electron chi connectivity index (χ4n) is 2.36. The predicted molar refractivity (Wildman–Crippen MR) is 68.7 cm³/mol. The summed E-state index contributed by atoms with van der Waals surface area (Å²) in [4.78, 5) is 10.7. The Morgan fingerprint density at radius 2 is 2.10 bits per heavy atom. The van der Waals surface area contributed by atoms with Crippen molar-refractivity contribution in [2.24, 2.45) is 11.8 Å². The van der Waals surface area contributed by atoms with E-state index < -0.39 is 28.9 Å². The highest BCUT2D eigenvalue weighted by molar-refractivity contribution is 7.87. The summed E-state index contributed by atoms with van der Waals surface area (Å²) >= 11 is 0. The van der Waals surface area contributed by atoms with Crippen LogP contribution in [0.15, 0.2) is 0 Å². The largest absolute Gasteiger partial charge is 0.481 e. The number of nitrogens with one attached hydrogen (secondary N) is 1. The molecule has 6 nitrogen and oxygen atoms in total. The van der Waals surface area contributed by atoms with E-state index in [1.165, 1.54) is 4.72 Å². The summed E-state index contributed by atoms with van der Waals surface area (Å²) in [6.07, 6.45) is -3.53. The molecule has 0 radical (unpaired) electrons. The van der Waals surface area contributed by atoms with Gasteiger partial charge in [-0.1, -0.05) is 6.92 Å². The van der Waals surface area contributed by atoms with E-state index in [4.69, 9.17) is 5.11 Å². The molecule has 10 heteroatoms. The predicted octanol–water partition coefficient (Wildman–Crippen LogP) is 1.21. The van der Waals surface area contributed by atoms with Crippen LogP contribution in [0.5, 0.6) is 0 Å². The molecule has 1 fully saturated rings. The molecule has 1 rings (SSSR count). The third-order valence-electron chi connectivity index (χ3n) is 3.52. The summed E-state index contributed by atoms with van der Waals surface area (Å²) in [5.74, 6) is -1.38. The van der Waals surface area contributed by atoms with Gasteiger partial charge in [-0.3, -0.25) is 4.79 Å². The fourth-order valence-corrected chi connectivity index (χ4v) is 3.65. The molecule has 0 aromatic rings. The Kier molecular flexibility index (Phi) is 6.00. The number of alkyl halides is 3. The molecule has 21 heavy (non-hydrogen) atoms. The van der Waals surface area contributed by atoms with E-state index in [1.54, 1.807) is 6.92 Å². The lowest BCUT2D eigenvalue weighted by molar-refractivity contribution is -0.138. The van der Waals surface area contributed by atoms with Gasteiger partial charge >= 0.3 is 12.1 Å². The topological polar surface area (TPSA) is 86.7 Å². The number of hydrogen-bond acceptors (Lipinski definition) is 3. The number of hydrogen-bond donors (Lipinski definition) is 2. The molecule has 0 bridgehead atoms. The number of nitrogens with zero attached hydrogens (tertiary/aromatic N) is 1. The van der Waals surface area contributed by atoms with Gasteiger partial charge in [-0.05, 0) is 24.7 Å². The van der Waals surface area contributed by atoms with E-state index in [0.29, 0.717) is 12.8 Å². The van der Waals surface area contributed by atoms with Crippen molar-refractivity contribution in [2.45, 2.75) is 32.4 Å². The first-order valence-corrected chi connectivity index (χ1v) is 7.98. The van der Waals surface area contributed by atoms with Gasteiger partial charge < -0.3 is 5.11 Å². The van der Waals surface area contributed by atoms with Gasteiger partial charge in [0.25, 0.3) is 10.2 Å². The zero-order chi connectivity index (χ0) is 16.3. The second-order valence-electron chi connectivity index (χ2n) is 5.28. The molecule has 2 atom stereocenters. The average molecular weight is 332 g/mol. The number of aliphatic carboxylic acids is 1. The van der Waals surface area contributed by atoms with Crippen LogP contribution < -0.4 is 4.72 Å². The van der Waals surface area contributed by atoms with Crippen molar-refractivity contribution in [1.29, 1.82) is 0 Å². The molecular weight excluding hydrogens is 313 g/mol. The first kappa shape index (κ1) is 18.2. The lowest BCUT2D eigenvalue weighted by Crippen LogP contribution is -2.49. The number of carboxylic acid groups (broad SMARTS) is 1. The highest BCUT2D eigenvalue weighted by atomic mass is 32.2. The molecule has 0 saturated carbocycles. The zero-order valence-corrected chi connectivity index (χ0v) is 12.4. The maximum absolute atomic E-state index is 12.1. The summed E-state index contributed by atoms with van der Waals surface area (Å²) in [6, 6.07) is 0. The molecule has 0 aromatic carbocycles. The Morgan fingerprint density at radius 3 is 2.62 bits per heavy atom. The third-order valence-corrected chi connectivity index (χ3v) is 5.04. The Morgan fingerprint density at radius 1 is 1.48 bits per heavy atom. The van der Waals surface area contributed by atoms with Crippen molar-refractivity contribution in [1.82, 2.24) is 9.03 Å². The molecule has 0 aliphatic carbocycles. The number of rotatable bonds is 6. The van der Waals surface area contributed by atoms with Crippen molar-refractivity contribution >= 4 is 16.2 Å². The maximum atomic E-state index is 12.1. The molecule has 1 aliphatic heterocycles. The quantitative estimate of drug-likeness (QED) is 0.765. The van der Waals surface area contributed by atoms with Crippen LogP contribution in [0.25, 0.3) is 0 Å². The fraction of sp³-hybridized carbons (Fsp3) is 0.909. The van der Waals surface area contributed by atoms with Crippen LogP contribution in [0.1, 0.15) is 26.2 Å². The first-order valence-electron chi connectivity index (χ1n) is 6.54. The van der Waals surface area contributed by atoms with E-state index in [1.807, 2.05) is 0 Å². The van der Waals surface area contributed by atoms with E-state index in [0.717, 1.165) is 4.31 Å².